The summed E-state index contributed by atoms with van der Waals surface area (Å²) in [4.78, 5) is 14.1. The van der Waals surface area contributed by atoms with E-state index in [2.05, 4.69) is 34.4 Å². The topological polar surface area (TPSA) is 84.1 Å². The van der Waals surface area contributed by atoms with Crippen molar-refractivity contribution >= 4 is 11.7 Å². The van der Waals surface area contributed by atoms with Gasteiger partial charge in [0.15, 0.2) is 5.69 Å². The molecule has 3 N–H and O–H groups in total. The molecular weight excluding hydrogens is 230 g/mol. The SMILES string of the molecule is CC(CNC(=O)c1ccc(N)nn1)N(C)C1CC1. The Morgan fingerprint density at radius 1 is 1.56 bits per heavy atom. The normalized spacial score (nSPS) is 16.6. The summed E-state index contributed by atoms with van der Waals surface area (Å²) in [7, 11) is 2.09. The molecule has 6 heteroatoms. The van der Waals surface area contributed by atoms with Crippen LogP contribution in [0.15, 0.2) is 12.1 Å². The molecule has 1 fully saturated rings. The fraction of sp³-hybridized carbons (Fsp3) is 0.583. The van der Waals surface area contributed by atoms with Crippen molar-refractivity contribution in [3.8, 4) is 0 Å². The number of nitrogen functional groups attached to an aromatic ring is 1. The Kier molecular flexibility index (Phi) is 3.76. The second-order valence-electron chi connectivity index (χ2n) is 4.80. The highest BCUT2D eigenvalue weighted by molar-refractivity contribution is 5.92. The molecule has 1 aromatic rings. The maximum absolute atomic E-state index is 11.8. The van der Waals surface area contributed by atoms with Crippen molar-refractivity contribution in [3.63, 3.8) is 0 Å². The van der Waals surface area contributed by atoms with Crippen molar-refractivity contribution in [3.05, 3.63) is 17.8 Å². The van der Waals surface area contributed by atoms with E-state index in [9.17, 15) is 4.79 Å². The average Bonchev–Trinajstić information content (AvgIpc) is 3.19. The van der Waals surface area contributed by atoms with Gasteiger partial charge in [-0.1, -0.05) is 0 Å². The van der Waals surface area contributed by atoms with Crippen LogP contribution in [0.2, 0.25) is 0 Å². The Morgan fingerprint density at radius 2 is 2.28 bits per heavy atom. The van der Waals surface area contributed by atoms with E-state index in [0.29, 0.717) is 30.1 Å². The monoisotopic (exact) mass is 249 g/mol. The predicted molar refractivity (Wildman–Crippen MR) is 69.0 cm³/mol. The lowest BCUT2D eigenvalue weighted by Crippen LogP contribution is -2.41. The lowest BCUT2D eigenvalue weighted by molar-refractivity contribution is 0.0933. The van der Waals surface area contributed by atoms with Gasteiger partial charge >= 0.3 is 0 Å². The molecule has 2 rings (SSSR count). The van der Waals surface area contributed by atoms with Crippen LogP contribution in [0.4, 0.5) is 5.82 Å². The molecule has 6 nitrogen and oxygen atoms in total. The Morgan fingerprint density at radius 3 is 2.83 bits per heavy atom. The highest BCUT2D eigenvalue weighted by atomic mass is 16.1. The number of aromatic nitrogens is 2. The number of nitrogens with zero attached hydrogens (tertiary/aromatic N) is 3. The van der Waals surface area contributed by atoms with E-state index in [1.807, 2.05) is 0 Å². The summed E-state index contributed by atoms with van der Waals surface area (Å²) < 4.78 is 0. The first-order chi connectivity index (χ1) is 8.58. The number of likely N-dealkylation sites (N-methyl/N-ethyl adjacent to an activating group) is 1. The zero-order valence-electron chi connectivity index (χ0n) is 10.8. The van der Waals surface area contributed by atoms with Crippen molar-refractivity contribution in [2.45, 2.75) is 31.8 Å². The molecule has 0 spiro atoms. The van der Waals surface area contributed by atoms with E-state index in [0.717, 1.165) is 0 Å². The van der Waals surface area contributed by atoms with Crippen molar-refractivity contribution in [2.24, 2.45) is 0 Å². The highest BCUT2D eigenvalue weighted by Gasteiger charge is 2.29. The Bertz CT molecular complexity index is 415. The molecule has 1 aliphatic carbocycles. The molecule has 1 aromatic heterocycles. The van der Waals surface area contributed by atoms with Gasteiger partial charge in [0.05, 0.1) is 0 Å². The summed E-state index contributed by atoms with van der Waals surface area (Å²) in [5.41, 5.74) is 5.71. The molecule has 1 atom stereocenters. The standard InChI is InChI=1S/C12H19N5O/c1-8(17(2)9-3-4-9)7-14-12(18)10-5-6-11(13)16-15-10/h5-6,8-9H,3-4,7H2,1-2H3,(H2,13,16)(H,14,18). The fourth-order valence-corrected chi connectivity index (χ4v) is 1.78. The van der Waals surface area contributed by atoms with Gasteiger partial charge < -0.3 is 11.1 Å². The second-order valence-corrected chi connectivity index (χ2v) is 4.80. The van der Waals surface area contributed by atoms with Crippen LogP contribution in [0.3, 0.4) is 0 Å². The number of nitrogens with one attached hydrogen (secondary N) is 1. The summed E-state index contributed by atoms with van der Waals surface area (Å²) >= 11 is 0. The van der Waals surface area contributed by atoms with Gasteiger partial charge in [-0.2, -0.15) is 0 Å². The van der Waals surface area contributed by atoms with E-state index >= 15 is 0 Å². The predicted octanol–water partition coefficient (Wildman–Crippen LogP) is 0.271. The van der Waals surface area contributed by atoms with Crippen molar-refractivity contribution in [2.75, 3.05) is 19.3 Å². The van der Waals surface area contributed by atoms with Gasteiger partial charge in [0.1, 0.15) is 5.82 Å². The third-order valence-corrected chi connectivity index (χ3v) is 3.29. The van der Waals surface area contributed by atoms with Crippen LogP contribution in [0, 0.1) is 0 Å². The molecule has 1 heterocycles. The van der Waals surface area contributed by atoms with Crippen molar-refractivity contribution in [1.29, 1.82) is 0 Å². The van der Waals surface area contributed by atoms with Crippen LogP contribution in [0.25, 0.3) is 0 Å². The number of rotatable bonds is 5. The lowest BCUT2D eigenvalue weighted by Gasteiger charge is -2.24. The van der Waals surface area contributed by atoms with Crippen LogP contribution >= 0.6 is 0 Å². The van der Waals surface area contributed by atoms with Gasteiger partial charge in [-0.05, 0) is 38.9 Å². The van der Waals surface area contributed by atoms with Gasteiger partial charge in [-0.15, -0.1) is 10.2 Å². The summed E-state index contributed by atoms with van der Waals surface area (Å²) in [5, 5.41) is 10.3. The zero-order chi connectivity index (χ0) is 13.1. The average molecular weight is 249 g/mol. The van der Waals surface area contributed by atoms with Crippen LogP contribution in [-0.2, 0) is 0 Å². The Hall–Kier alpha value is -1.69. The minimum Gasteiger partial charge on any atom is -0.382 e. The summed E-state index contributed by atoms with van der Waals surface area (Å²) in [6, 6.07) is 4.16. The Balaban J connectivity index is 1.82. The van der Waals surface area contributed by atoms with E-state index < -0.39 is 0 Å². The van der Waals surface area contributed by atoms with E-state index in [1.165, 1.54) is 12.8 Å². The molecule has 1 unspecified atom stereocenters. The third-order valence-electron chi connectivity index (χ3n) is 3.29. The summed E-state index contributed by atoms with van der Waals surface area (Å²) in [5.74, 6) is 0.104. The summed E-state index contributed by atoms with van der Waals surface area (Å²) in [6.45, 7) is 2.71. The lowest BCUT2D eigenvalue weighted by atomic mass is 10.2. The number of carbonyl (C=O) groups excluding carboxylic acids is 1. The molecule has 98 valence electrons. The maximum Gasteiger partial charge on any atom is 0.271 e. The number of hydrogen-bond acceptors (Lipinski definition) is 5. The molecule has 1 saturated carbocycles. The molecule has 0 aliphatic heterocycles. The third kappa shape index (κ3) is 3.16. The number of anilines is 1. The first-order valence-corrected chi connectivity index (χ1v) is 6.17. The van der Waals surface area contributed by atoms with E-state index in [4.69, 9.17) is 5.73 Å². The molecule has 0 radical (unpaired) electrons. The van der Waals surface area contributed by atoms with Crippen LogP contribution in [0.5, 0.6) is 0 Å². The van der Waals surface area contributed by atoms with Gasteiger partial charge in [0, 0.05) is 18.6 Å². The highest BCUT2D eigenvalue weighted by Crippen LogP contribution is 2.26. The first-order valence-electron chi connectivity index (χ1n) is 6.17. The van der Waals surface area contributed by atoms with Gasteiger partial charge in [0.25, 0.3) is 5.91 Å². The first kappa shape index (κ1) is 12.8. The van der Waals surface area contributed by atoms with Gasteiger partial charge in [-0.25, -0.2) is 0 Å². The maximum atomic E-state index is 11.8. The smallest absolute Gasteiger partial charge is 0.271 e. The number of nitrogens with two attached hydrogens (primary N) is 1. The minimum absolute atomic E-state index is 0.210. The number of amides is 1. The van der Waals surface area contributed by atoms with Gasteiger partial charge in [0.2, 0.25) is 0 Å². The number of carbonyl (C=O) groups is 1. The molecule has 1 aliphatic rings. The number of hydrogen-bond donors (Lipinski definition) is 2. The fourth-order valence-electron chi connectivity index (χ4n) is 1.78. The molecule has 0 aromatic carbocycles. The van der Waals surface area contributed by atoms with E-state index in [-0.39, 0.29) is 5.91 Å². The van der Waals surface area contributed by atoms with Crippen LogP contribution in [-0.4, -0.2) is 46.7 Å². The largest absolute Gasteiger partial charge is 0.382 e. The summed E-state index contributed by atoms with van der Waals surface area (Å²) in [6.07, 6.45) is 2.52. The molecule has 1 amide bonds. The van der Waals surface area contributed by atoms with Crippen LogP contribution in [0.1, 0.15) is 30.3 Å². The molecule has 0 bridgehead atoms. The van der Waals surface area contributed by atoms with E-state index in [1.54, 1.807) is 12.1 Å². The van der Waals surface area contributed by atoms with Gasteiger partial charge in [-0.3, -0.25) is 9.69 Å². The van der Waals surface area contributed by atoms with Crippen LogP contribution < -0.4 is 11.1 Å². The van der Waals surface area contributed by atoms with Crippen molar-refractivity contribution < 1.29 is 4.79 Å². The molecule has 0 saturated heterocycles. The molecule has 18 heavy (non-hydrogen) atoms. The Labute approximate surface area is 107 Å². The second kappa shape index (κ2) is 5.30. The quantitative estimate of drug-likeness (QED) is 0.782. The minimum atomic E-state index is -0.210. The van der Waals surface area contributed by atoms with Crippen molar-refractivity contribution in [1.82, 2.24) is 20.4 Å². The molecular formula is C12H19N5O. The zero-order valence-corrected chi connectivity index (χ0v) is 10.8.